The van der Waals surface area contributed by atoms with Crippen molar-refractivity contribution >= 4 is 11.8 Å². The van der Waals surface area contributed by atoms with Gasteiger partial charge < -0.3 is 14.9 Å². The number of carbonyl (C=O) groups excluding carboxylic acids is 2. The summed E-state index contributed by atoms with van der Waals surface area (Å²) in [5, 5.41) is 9.83. The largest absolute Gasteiger partial charge is 0.390 e. The average molecular weight is 458 g/mol. The lowest BCUT2D eigenvalue weighted by molar-refractivity contribution is -0.139. The van der Waals surface area contributed by atoms with Crippen molar-refractivity contribution in [2.45, 2.75) is 76.2 Å². The Morgan fingerprint density at radius 2 is 1.76 bits per heavy atom. The fourth-order valence-corrected chi connectivity index (χ4v) is 5.91. The van der Waals surface area contributed by atoms with Crippen molar-refractivity contribution in [3.8, 4) is 0 Å². The van der Waals surface area contributed by atoms with E-state index in [-0.39, 0.29) is 30.6 Å². The number of rotatable bonds is 3. The number of benzene rings is 1. The molecule has 5 rings (SSSR count). The Bertz CT molecular complexity index is 890. The highest BCUT2D eigenvalue weighted by atomic mass is 19.1. The molecule has 1 aromatic carbocycles. The highest BCUT2D eigenvalue weighted by Gasteiger charge is 2.36. The molecule has 1 aromatic rings. The molecule has 4 aliphatic rings. The lowest BCUT2D eigenvalue weighted by Crippen LogP contribution is -2.43. The third kappa shape index (κ3) is 4.80. The average Bonchev–Trinajstić information content (AvgIpc) is 3.04. The minimum atomic E-state index is -1.21. The predicted molar refractivity (Wildman–Crippen MR) is 124 cm³/mol. The zero-order chi connectivity index (χ0) is 22.9. The van der Waals surface area contributed by atoms with Crippen LogP contribution in [0.15, 0.2) is 18.2 Å². The monoisotopic (exact) mass is 457 g/mol. The van der Waals surface area contributed by atoms with Crippen LogP contribution in [-0.2, 0) is 17.8 Å². The number of hydrogen-bond acceptors (Lipinski definition) is 4. The maximum atomic E-state index is 13.6. The topological polar surface area (TPSA) is 64.1 Å². The van der Waals surface area contributed by atoms with E-state index in [0.29, 0.717) is 19.5 Å². The summed E-state index contributed by atoms with van der Waals surface area (Å²) in [5.74, 6) is -0.159. The molecule has 3 atom stereocenters. The number of nitrogens with zero attached hydrogens (tertiary/aromatic N) is 3. The molecule has 3 fully saturated rings. The molecule has 2 aliphatic heterocycles. The molecule has 3 unspecified atom stereocenters. The Kier molecular flexibility index (Phi) is 6.70. The van der Waals surface area contributed by atoms with Crippen LogP contribution in [0.2, 0.25) is 0 Å². The summed E-state index contributed by atoms with van der Waals surface area (Å²) >= 11 is 0. The van der Waals surface area contributed by atoms with Crippen LogP contribution in [0.25, 0.3) is 0 Å². The van der Waals surface area contributed by atoms with Crippen LogP contribution in [0.4, 0.5) is 4.39 Å². The molecule has 0 bridgehead atoms. The highest BCUT2D eigenvalue weighted by molar-refractivity contribution is 5.94. The minimum Gasteiger partial charge on any atom is -0.390 e. The van der Waals surface area contributed by atoms with Crippen molar-refractivity contribution in [1.29, 1.82) is 0 Å². The summed E-state index contributed by atoms with van der Waals surface area (Å²) in [4.78, 5) is 32.6. The number of alkyl halides is 1. The quantitative estimate of drug-likeness (QED) is 0.758. The van der Waals surface area contributed by atoms with Crippen LogP contribution in [-0.4, -0.2) is 82.7 Å². The first-order valence-corrected chi connectivity index (χ1v) is 12.8. The molecule has 2 amide bonds. The van der Waals surface area contributed by atoms with Gasteiger partial charge >= 0.3 is 0 Å². The fourth-order valence-electron chi connectivity index (χ4n) is 5.91. The van der Waals surface area contributed by atoms with Gasteiger partial charge in [-0.3, -0.25) is 14.5 Å². The van der Waals surface area contributed by atoms with E-state index in [1.807, 2.05) is 28.0 Å². The van der Waals surface area contributed by atoms with Crippen molar-refractivity contribution in [3.05, 3.63) is 34.9 Å². The van der Waals surface area contributed by atoms with Gasteiger partial charge in [0.2, 0.25) is 5.91 Å². The Morgan fingerprint density at radius 1 is 0.909 bits per heavy atom. The van der Waals surface area contributed by atoms with Crippen molar-refractivity contribution < 1.29 is 19.1 Å². The summed E-state index contributed by atoms with van der Waals surface area (Å²) < 4.78 is 13.6. The van der Waals surface area contributed by atoms with Gasteiger partial charge in [0.1, 0.15) is 6.17 Å². The molecule has 0 aromatic heterocycles. The molecule has 2 saturated carbocycles. The summed E-state index contributed by atoms with van der Waals surface area (Å²) in [7, 11) is 0. The summed E-state index contributed by atoms with van der Waals surface area (Å²) in [5.41, 5.74) is 2.97. The number of aliphatic hydroxyl groups excluding tert-OH is 1. The molecular weight excluding hydrogens is 421 g/mol. The van der Waals surface area contributed by atoms with Gasteiger partial charge in [-0.2, -0.15) is 0 Å². The molecule has 6 nitrogen and oxygen atoms in total. The van der Waals surface area contributed by atoms with Gasteiger partial charge in [-0.25, -0.2) is 4.39 Å². The van der Waals surface area contributed by atoms with Crippen molar-refractivity contribution in [1.82, 2.24) is 14.7 Å². The molecule has 0 radical (unpaired) electrons. The second-order valence-electron chi connectivity index (χ2n) is 10.4. The normalized spacial score (nSPS) is 29.2. The molecule has 2 aliphatic carbocycles. The number of hydrogen-bond donors (Lipinski definition) is 1. The highest BCUT2D eigenvalue weighted by Crippen LogP contribution is 2.31. The predicted octanol–water partition coefficient (Wildman–Crippen LogP) is 2.77. The van der Waals surface area contributed by atoms with Gasteiger partial charge in [-0.1, -0.05) is 12.5 Å². The second kappa shape index (κ2) is 9.71. The van der Waals surface area contributed by atoms with E-state index in [1.54, 1.807) is 0 Å². The Labute approximate surface area is 195 Å². The minimum absolute atomic E-state index is 0.0207. The number of fused-ring (bicyclic) bond motifs is 1. The van der Waals surface area contributed by atoms with E-state index in [2.05, 4.69) is 4.90 Å². The van der Waals surface area contributed by atoms with Crippen LogP contribution in [0.3, 0.4) is 0 Å². The van der Waals surface area contributed by atoms with E-state index >= 15 is 0 Å². The van der Waals surface area contributed by atoms with Gasteiger partial charge in [0, 0.05) is 56.8 Å². The van der Waals surface area contributed by atoms with Gasteiger partial charge in [-0.15, -0.1) is 0 Å². The lowest BCUT2D eigenvalue weighted by atomic mass is 9.84. The number of carbonyl (C=O) groups is 2. The first-order chi connectivity index (χ1) is 16.0. The first-order valence-electron chi connectivity index (χ1n) is 12.8. The van der Waals surface area contributed by atoms with Crippen molar-refractivity contribution in [2.75, 3.05) is 32.7 Å². The van der Waals surface area contributed by atoms with E-state index in [1.165, 1.54) is 19.3 Å². The molecule has 1 N–H and O–H groups in total. The van der Waals surface area contributed by atoms with E-state index in [4.69, 9.17) is 0 Å². The number of amides is 2. The molecule has 33 heavy (non-hydrogen) atoms. The zero-order valence-corrected chi connectivity index (χ0v) is 19.4. The van der Waals surface area contributed by atoms with Crippen molar-refractivity contribution in [2.24, 2.45) is 5.92 Å². The van der Waals surface area contributed by atoms with Gasteiger partial charge in [0.05, 0.1) is 6.10 Å². The molecular formula is C26H36FN3O3. The van der Waals surface area contributed by atoms with Crippen LogP contribution < -0.4 is 0 Å². The Morgan fingerprint density at radius 3 is 2.52 bits per heavy atom. The fraction of sp³-hybridized carbons (Fsp3) is 0.692. The van der Waals surface area contributed by atoms with E-state index < -0.39 is 12.3 Å². The summed E-state index contributed by atoms with van der Waals surface area (Å²) in [6.45, 7) is 4.80. The lowest BCUT2D eigenvalue weighted by Gasteiger charge is -2.36. The number of aliphatic hydroxyl groups is 1. The Balaban J connectivity index is 1.20. The van der Waals surface area contributed by atoms with E-state index in [0.717, 1.165) is 61.8 Å². The van der Waals surface area contributed by atoms with Gasteiger partial charge in [0.15, 0.2) is 0 Å². The third-order valence-electron chi connectivity index (χ3n) is 8.27. The van der Waals surface area contributed by atoms with Gasteiger partial charge in [0.25, 0.3) is 5.91 Å². The third-order valence-corrected chi connectivity index (χ3v) is 8.27. The maximum absolute atomic E-state index is 13.6. The molecule has 180 valence electrons. The molecule has 2 heterocycles. The smallest absolute Gasteiger partial charge is 0.253 e. The molecule has 0 spiro atoms. The summed E-state index contributed by atoms with van der Waals surface area (Å²) in [6.07, 6.45) is 4.42. The zero-order valence-electron chi connectivity index (χ0n) is 19.4. The Hall–Kier alpha value is -1.99. The summed E-state index contributed by atoms with van der Waals surface area (Å²) in [6, 6.07) is 6.64. The van der Waals surface area contributed by atoms with Crippen LogP contribution in [0, 0.1) is 5.92 Å². The number of halogens is 1. The van der Waals surface area contributed by atoms with Crippen LogP contribution in [0.5, 0.6) is 0 Å². The molecule has 1 saturated heterocycles. The maximum Gasteiger partial charge on any atom is 0.253 e. The van der Waals surface area contributed by atoms with Gasteiger partial charge in [-0.05, 0) is 68.2 Å². The second-order valence-corrected chi connectivity index (χ2v) is 10.4. The van der Waals surface area contributed by atoms with E-state index in [9.17, 15) is 19.1 Å². The van der Waals surface area contributed by atoms with Crippen LogP contribution in [0.1, 0.15) is 66.4 Å². The standard InChI is InChI=1S/C26H36FN3O3/c27-23-8-7-20(16-24(23)31)26(33)30-12-9-18-15-19(5-6-21(18)17-30)25(32)29-11-2-10-28(13-14-29)22-3-1-4-22/h5-6,15,20,22-24,31H,1-4,7-14,16-17H2. The SMILES string of the molecule is O=C(c1ccc2c(c1)CCN(C(=O)C1CCC(F)C(O)C1)C2)N1CCCN(C2CCC2)CC1. The molecule has 7 heteroatoms. The van der Waals surface area contributed by atoms with Crippen molar-refractivity contribution in [3.63, 3.8) is 0 Å². The first kappa shape index (κ1) is 22.8. The van der Waals surface area contributed by atoms with Crippen LogP contribution >= 0.6 is 0 Å².